The van der Waals surface area contributed by atoms with Crippen molar-refractivity contribution in [3.8, 4) is 6.07 Å². The minimum Gasteiger partial charge on any atom is -0.397 e. The van der Waals surface area contributed by atoms with Gasteiger partial charge in [0, 0.05) is 12.3 Å². The number of hydrogen-bond donors (Lipinski definition) is 2. The Morgan fingerprint density at radius 2 is 2.17 bits per heavy atom. The lowest BCUT2D eigenvalue weighted by Gasteiger charge is -2.02. The van der Waals surface area contributed by atoms with E-state index in [-0.39, 0.29) is 0 Å². The van der Waals surface area contributed by atoms with E-state index >= 15 is 0 Å². The fourth-order valence-electron chi connectivity index (χ4n) is 0.797. The maximum atomic E-state index is 8.21. The van der Waals surface area contributed by atoms with Crippen LogP contribution in [0.1, 0.15) is 0 Å². The summed E-state index contributed by atoms with van der Waals surface area (Å²) >= 11 is 0. The van der Waals surface area contributed by atoms with Crippen LogP contribution in [0.15, 0.2) is 36.5 Å². The van der Waals surface area contributed by atoms with Crippen molar-refractivity contribution in [2.45, 2.75) is 0 Å². The van der Waals surface area contributed by atoms with Gasteiger partial charge in [-0.1, -0.05) is 12.1 Å². The first-order valence-corrected chi connectivity index (χ1v) is 3.50. The van der Waals surface area contributed by atoms with Crippen molar-refractivity contribution in [3.63, 3.8) is 0 Å². The minimum atomic E-state index is 0.667. The summed E-state index contributed by atoms with van der Waals surface area (Å²) in [5.74, 6) is 0. The Balaban J connectivity index is 2.71. The summed E-state index contributed by atoms with van der Waals surface area (Å²) in [7, 11) is 0. The van der Waals surface area contributed by atoms with Gasteiger partial charge < -0.3 is 11.1 Å². The van der Waals surface area contributed by atoms with Crippen LogP contribution in [0.3, 0.4) is 0 Å². The molecule has 0 atom stereocenters. The summed E-state index contributed by atoms with van der Waals surface area (Å²) in [6, 6.07) is 9.24. The number of nitrogen functional groups attached to an aromatic ring is 1. The van der Waals surface area contributed by atoms with E-state index in [1.807, 2.05) is 24.3 Å². The lowest BCUT2D eigenvalue weighted by Crippen LogP contribution is -1.93. The molecular formula is C9H9N3. The third-order valence-corrected chi connectivity index (χ3v) is 1.36. The van der Waals surface area contributed by atoms with Gasteiger partial charge in [0.15, 0.2) is 0 Å². The molecule has 3 N–H and O–H groups in total. The fraction of sp³-hybridized carbons (Fsp3) is 0. The standard InChI is InChI=1S/C9H9N3/c10-6-3-7-12-9-5-2-1-4-8(9)11/h1-5,7,12H,11H2. The van der Waals surface area contributed by atoms with Crippen molar-refractivity contribution in [3.05, 3.63) is 36.5 Å². The zero-order valence-corrected chi connectivity index (χ0v) is 6.49. The molecule has 0 saturated carbocycles. The number of nitriles is 1. The number of hydrogen-bond acceptors (Lipinski definition) is 3. The molecule has 1 aromatic rings. The Bertz CT molecular complexity index is 323. The van der Waals surface area contributed by atoms with Crippen LogP contribution in [-0.4, -0.2) is 0 Å². The molecule has 1 aromatic carbocycles. The minimum absolute atomic E-state index is 0.667. The van der Waals surface area contributed by atoms with Crippen LogP contribution < -0.4 is 11.1 Å². The average molecular weight is 159 g/mol. The van der Waals surface area contributed by atoms with E-state index < -0.39 is 0 Å². The van der Waals surface area contributed by atoms with Gasteiger partial charge in [0.2, 0.25) is 0 Å². The van der Waals surface area contributed by atoms with Crippen LogP contribution in [0.5, 0.6) is 0 Å². The molecule has 0 amide bonds. The van der Waals surface area contributed by atoms with Crippen molar-refractivity contribution in [1.29, 1.82) is 5.26 Å². The second kappa shape index (κ2) is 4.04. The van der Waals surface area contributed by atoms with Crippen molar-refractivity contribution in [2.24, 2.45) is 0 Å². The van der Waals surface area contributed by atoms with Gasteiger partial charge in [0.1, 0.15) is 0 Å². The Morgan fingerprint density at radius 1 is 1.42 bits per heavy atom. The Morgan fingerprint density at radius 3 is 2.83 bits per heavy atom. The molecule has 3 heteroatoms. The normalized spacial score (nSPS) is 9.58. The number of benzene rings is 1. The first-order valence-electron chi connectivity index (χ1n) is 3.50. The Labute approximate surface area is 71.1 Å². The summed E-state index contributed by atoms with van der Waals surface area (Å²) in [6.07, 6.45) is 2.90. The number of rotatable bonds is 2. The van der Waals surface area contributed by atoms with Gasteiger partial charge in [0.25, 0.3) is 0 Å². The number of nitrogens with one attached hydrogen (secondary N) is 1. The number of allylic oxidation sites excluding steroid dienone is 1. The molecule has 0 fully saturated rings. The molecule has 0 aliphatic rings. The van der Waals surface area contributed by atoms with Gasteiger partial charge in [-0.3, -0.25) is 0 Å². The highest BCUT2D eigenvalue weighted by atomic mass is 14.9. The molecule has 0 spiro atoms. The van der Waals surface area contributed by atoms with Crippen molar-refractivity contribution < 1.29 is 0 Å². The number of nitrogens with zero attached hydrogens (tertiary/aromatic N) is 1. The van der Waals surface area contributed by atoms with Crippen molar-refractivity contribution in [2.75, 3.05) is 11.1 Å². The highest BCUT2D eigenvalue weighted by Crippen LogP contribution is 2.15. The van der Waals surface area contributed by atoms with Crippen LogP contribution in [0, 0.1) is 11.3 Å². The predicted molar refractivity (Wildman–Crippen MR) is 49.2 cm³/mol. The molecule has 60 valence electrons. The molecule has 1 rings (SSSR count). The molecule has 0 aliphatic carbocycles. The zero-order chi connectivity index (χ0) is 8.81. The average Bonchev–Trinajstić information content (AvgIpc) is 2.09. The number of nitrogens with two attached hydrogens (primary N) is 1. The third-order valence-electron chi connectivity index (χ3n) is 1.36. The number of para-hydroxylation sites is 2. The smallest absolute Gasteiger partial charge is 0.0927 e. The van der Waals surface area contributed by atoms with Gasteiger partial charge in [-0.25, -0.2) is 0 Å². The summed E-state index contributed by atoms with van der Waals surface area (Å²) in [6.45, 7) is 0. The first-order chi connectivity index (χ1) is 5.84. The van der Waals surface area contributed by atoms with Gasteiger partial charge in [-0.2, -0.15) is 5.26 Å². The zero-order valence-electron chi connectivity index (χ0n) is 6.49. The van der Waals surface area contributed by atoms with Crippen LogP contribution in [0.25, 0.3) is 0 Å². The van der Waals surface area contributed by atoms with E-state index in [4.69, 9.17) is 11.0 Å². The third kappa shape index (κ3) is 2.03. The van der Waals surface area contributed by atoms with Gasteiger partial charge in [-0.05, 0) is 12.1 Å². The molecule has 0 heterocycles. The van der Waals surface area contributed by atoms with E-state index in [0.717, 1.165) is 5.69 Å². The SMILES string of the molecule is N#CC=CNc1ccccc1N. The maximum Gasteiger partial charge on any atom is 0.0927 e. The molecule has 0 radical (unpaired) electrons. The summed E-state index contributed by atoms with van der Waals surface area (Å²) in [5, 5.41) is 11.1. The number of anilines is 2. The molecule has 12 heavy (non-hydrogen) atoms. The van der Waals surface area contributed by atoms with E-state index in [1.54, 1.807) is 12.3 Å². The molecule has 0 aromatic heterocycles. The summed E-state index contributed by atoms with van der Waals surface area (Å²) in [5.41, 5.74) is 7.10. The fourth-order valence-corrected chi connectivity index (χ4v) is 0.797. The lowest BCUT2D eigenvalue weighted by atomic mass is 10.3. The predicted octanol–water partition coefficient (Wildman–Crippen LogP) is 1.72. The van der Waals surface area contributed by atoms with E-state index in [0.29, 0.717) is 5.69 Å². The molecular weight excluding hydrogens is 150 g/mol. The highest BCUT2D eigenvalue weighted by molar-refractivity contribution is 5.66. The maximum absolute atomic E-state index is 8.21. The van der Waals surface area contributed by atoms with Crippen molar-refractivity contribution in [1.82, 2.24) is 0 Å². The van der Waals surface area contributed by atoms with Gasteiger partial charge in [-0.15, -0.1) is 0 Å². The molecule has 0 unspecified atom stereocenters. The van der Waals surface area contributed by atoms with E-state index in [1.165, 1.54) is 6.08 Å². The second-order valence-electron chi connectivity index (χ2n) is 2.19. The van der Waals surface area contributed by atoms with Crippen LogP contribution in [0.4, 0.5) is 11.4 Å². The van der Waals surface area contributed by atoms with E-state index in [9.17, 15) is 0 Å². The van der Waals surface area contributed by atoms with Crippen molar-refractivity contribution >= 4 is 11.4 Å². The topological polar surface area (TPSA) is 61.8 Å². The molecule has 3 nitrogen and oxygen atoms in total. The summed E-state index contributed by atoms with van der Waals surface area (Å²) < 4.78 is 0. The Kier molecular flexibility index (Phi) is 2.74. The molecule has 0 bridgehead atoms. The monoisotopic (exact) mass is 159 g/mol. The van der Waals surface area contributed by atoms with Gasteiger partial charge in [0.05, 0.1) is 17.4 Å². The lowest BCUT2D eigenvalue weighted by molar-refractivity contribution is 1.52. The second-order valence-corrected chi connectivity index (χ2v) is 2.19. The highest BCUT2D eigenvalue weighted by Gasteiger charge is 1.91. The first kappa shape index (κ1) is 8.15. The van der Waals surface area contributed by atoms with E-state index in [2.05, 4.69) is 5.32 Å². The largest absolute Gasteiger partial charge is 0.397 e. The quantitative estimate of drug-likeness (QED) is 0.510. The molecule has 0 saturated heterocycles. The van der Waals surface area contributed by atoms with Crippen LogP contribution in [0.2, 0.25) is 0 Å². The Hall–Kier alpha value is -1.95. The molecule has 0 aliphatic heterocycles. The van der Waals surface area contributed by atoms with Crippen LogP contribution >= 0.6 is 0 Å². The van der Waals surface area contributed by atoms with Gasteiger partial charge >= 0.3 is 0 Å². The summed E-state index contributed by atoms with van der Waals surface area (Å²) in [4.78, 5) is 0. The van der Waals surface area contributed by atoms with Crippen LogP contribution in [-0.2, 0) is 0 Å².